The van der Waals surface area contributed by atoms with E-state index in [4.69, 9.17) is 9.47 Å². The van der Waals surface area contributed by atoms with Crippen LogP contribution in [0, 0.1) is 0 Å². The van der Waals surface area contributed by atoms with Crippen LogP contribution in [-0.4, -0.2) is 47.6 Å². The van der Waals surface area contributed by atoms with Gasteiger partial charge in [-0.15, -0.1) is 0 Å². The third-order valence-corrected chi connectivity index (χ3v) is 4.83. The highest BCUT2D eigenvalue weighted by molar-refractivity contribution is 7.92. The molecule has 0 radical (unpaired) electrons. The maximum Gasteiger partial charge on any atom is 0.237 e. The summed E-state index contributed by atoms with van der Waals surface area (Å²) in [5, 5.41) is 0. The van der Waals surface area contributed by atoms with Crippen LogP contribution in [0.5, 0.6) is 0 Å². The molecule has 19 heavy (non-hydrogen) atoms. The second kappa shape index (κ2) is 6.36. The third kappa shape index (κ3) is 3.46. The first kappa shape index (κ1) is 14.3. The third-order valence-electron chi connectivity index (χ3n) is 3.10. The Morgan fingerprint density at radius 2 is 2.00 bits per heavy atom. The summed E-state index contributed by atoms with van der Waals surface area (Å²) < 4.78 is 36.0. The Labute approximate surface area is 114 Å². The van der Waals surface area contributed by atoms with Crippen LogP contribution in [0.25, 0.3) is 0 Å². The van der Waals surface area contributed by atoms with Crippen LogP contribution in [0.3, 0.4) is 0 Å². The predicted octanol–water partition coefficient (Wildman–Crippen LogP) is 1.04. The molecule has 106 valence electrons. The van der Waals surface area contributed by atoms with Gasteiger partial charge in [-0.05, 0) is 18.1 Å². The molecule has 0 amide bonds. The number of nitrogens with zero attached hydrogens (tertiary/aromatic N) is 1. The van der Waals surface area contributed by atoms with E-state index in [0.717, 1.165) is 17.7 Å². The van der Waals surface area contributed by atoms with Crippen LogP contribution in [0.4, 0.5) is 5.69 Å². The maximum absolute atomic E-state index is 12.2. The molecule has 1 aromatic carbocycles. The summed E-state index contributed by atoms with van der Waals surface area (Å²) >= 11 is 0. The zero-order chi connectivity index (χ0) is 13.7. The highest BCUT2D eigenvalue weighted by Gasteiger charge is 2.28. The van der Waals surface area contributed by atoms with Crippen molar-refractivity contribution in [1.29, 1.82) is 0 Å². The molecule has 0 unspecified atom stereocenters. The summed E-state index contributed by atoms with van der Waals surface area (Å²) in [7, 11) is -1.71. The van der Waals surface area contributed by atoms with Gasteiger partial charge in [0, 0.05) is 13.7 Å². The van der Waals surface area contributed by atoms with Crippen molar-refractivity contribution in [3.8, 4) is 0 Å². The Morgan fingerprint density at radius 1 is 1.21 bits per heavy atom. The van der Waals surface area contributed by atoms with Gasteiger partial charge in [0.25, 0.3) is 0 Å². The van der Waals surface area contributed by atoms with Gasteiger partial charge in [-0.2, -0.15) is 0 Å². The van der Waals surface area contributed by atoms with Gasteiger partial charge in [0.2, 0.25) is 10.0 Å². The van der Waals surface area contributed by atoms with E-state index in [-0.39, 0.29) is 12.4 Å². The molecule has 0 atom stereocenters. The number of ether oxygens (including phenoxy) is 2. The van der Waals surface area contributed by atoms with Crippen LogP contribution < -0.4 is 4.31 Å². The van der Waals surface area contributed by atoms with Crippen molar-refractivity contribution in [2.45, 2.75) is 6.42 Å². The number of anilines is 1. The van der Waals surface area contributed by atoms with Crippen LogP contribution in [0.2, 0.25) is 0 Å². The van der Waals surface area contributed by atoms with E-state index in [1.807, 2.05) is 24.3 Å². The molecule has 0 aromatic heterocycles. The lowest BCUT2D eigenvalue weighted by atomic mass is 10.2. The number of benzene rings is 1. The van der Waals surface area contributed by atoms with Crippen molar-refractivity contribution < 1.29 is 17.9 Å². The number of fused-ring (bicyclic) bond motifs is 1. The van der Waals surface area contributed by atoms with Crippen molar-refractivity contribution >= 4 is 15.7 Å². The first-order valence-corrected chi connectivity index (χ1v) is 7.91. The molecule has 0 N–H and O–H groups in total. The molecule has 1 aliphatic rings. The number of rotatable bonds is 7. The van der Waals surface area contributed by atoms with Crippen molar-refractivity contribution in [1.82, 2.24) is 0 Å². The first-order chi connectivity index (χ1) is 9.15. The highest BCUT2D eigenvalue weighted by Crippen LogP contribution is 2.29. The Balaban J connectivity index is 1.94. The molecule has 0 fully saturated rings. The van der Waals surface area contributed by atoms with E-state index in [1.54, 1.807) is 7.11 Å². The monoisotopic (exact) mass is 285 g/mol. The largest absolute Gasteiger partial charge is 0.382 e. The molecule has 5 nitrogen and oxygen atoms in total. The highest BCUT2D eigenvalue weighted by atomic mass is 32.2. The van der Waals surface area contributed by atoms with E-state index in [9.17, 15) is 8.42 Å². The predicted molar refractivity (Wildman–Crippen MR) is 74.0 cm³/mol. The van der Waals surface area contributed by atoms with Crippen LogP contribution in [0.1, 0.15) is 5.56 Å². The first-order valence-electron chi connectivity index (χ1n) is 6.30. The number of hydrogen-bond acceptors (Lipinski definition) is 4. The Kier molecular flexibility index (Phi) is 4.79. The number of sulfonamides is 1. The van der Waals surface area contributed by atoms with Crippen LogP contribution in [0.15, 0.2) is 24.3 Å². The van der Waals surface area contributed by atoms with E-state index >= 15 is 0 Å². The zero-order valence-corrected chi connectivity index (χ0v) is 11.9. The molecule has 0 saturated carbocycles. The van der Waals surface area contributed by atoms with Crippen molar-refractivity contribution in [2.24, 2.45) is 0 Å². The van der Waals surface area contributed by atoms with Crippen molar-refractivity contribution in [3.05, 3.63) is 29.8 Å². The van der Waals surface area contributed by atoms with Crippen molar-refractivity contribution in [2.75, 3.05) is 43.5 Å². The average molecular weight is 285 g/mol. The number of para-hydroxylation sites is 1. The second-order valence-electron chi connectivity index (χ2n) is 4.37. The molecule has 1 heterocycles. The standard InChI is InChI=1S/C13H19NO4S/c1-17-8-9-18-10-11-19(15,16)14-7-6-12-4-2-3-5-13(12)14/h2-5H,6-11H2,1H3. The molecular weight excluding hydrogens is 266 g/mol. The summed E-state index contributed by atoms with van der Waals surface area (Å²) in [5.41, 5.74) is 1.89. The second-order valence-corrected chi connectivity index (χ2v) is 6.38. The van der Waals surface area contributed by atoms with Gasteiger partial charge < -0.3 is 9.47 Å². The molecule has 0 bridgehead atoms. The summed E-state index contributed by atoms with van der Waals surface area (Å²) in [4.78, 5) is 0. The summed E-state index contributed by atoms with van der Waals surface area (Å²) in [6.07, 6.45) is 0.778. The fourth-order valence-corrected chi connectivity index (χ4v) is 3.51. The summed E-state index contributed by atoms with van der Waals surface area (Å²) in [5.74, 6) is 0.00501. The Morgan fingerprint density at radius 3 is 2.79 bits per heavy atom. The fraction of sp³-hybridized carbons (Fsp3) is 0.538. The minimum atomic E-state index is -3.29. The number of hydrogen-bond donors (Lipinski definition) is 0. The Bertz CT molecular complexity index is 515. The molecule has 2 rings (SSSR count). The molecule has 6 heteroatoms. The fourth-order valence-electron chi connectivity index (χ4n) is 2.12. The van der Waals surface area contributed by atoms with Gasteiger partial charge in [0.15, 0.2) is 0 Å². The van der Waals surface area contributed by atoms with Gasteiger partial charge in [-0.25, -0.2) is 8.42 Å². The quantitative estimate of drug-likeness (QED) is 0.703. The molecule has 1 aliphatic heterocycles. The average Bonchev–Trinajstić information content (AvgIpc) is 2.83. The minimum Gasteiger partial charge on any atom is -0.382 e. The van der Waals surface area contributed by atoms with Gasteiger partial charge in [-0.3, -0.25) is 4.31 Å². The van der Waals surface area contributed by atoms with Gasteiger partial charge in [0.05, 0.1) is 31.3 Å². The molecular formula is C13H19NO4S. The topological polar surface area (TPSA) is 55.8 Å². The lowest BCUT2D eigenvalue weighted by Gasteiger charge is -2.19. The van der Waals surface area contributed by atoms with E-state index in [2.05, 4.69) is 0 Å². The van der Waals surface area contributed by atoms with Gasteiger partial charge in [-0.1, -0.05) is 18.2 Å². The molecule has 0 saturated heterocycles. The normalized spacial score (nSPS) is 14.7. The molecule has 0 aliphatic carbocycles. The summed E-state index contributed by atoms with van der Waals surface area (Å²) in [6, 6.07) is 7.62. The van der Waals surface area contributed by atoms with Gasteiger partial charge in [0.1, 0.15) is 0 Å². The molecule has 0 spiro atoms. The SMILES string of the molecule is COCCOCCS(=O)(=O)N1CCc2ccccc21. The Hall–Kier alpha value is -1.11. The zero-order valence-electron chi connectivity index (χ0n) is 11.0. The van der Waals surface area contributed by atoms with E-state index < -0.39 is 10.0 Å². The maximum atomic E-state index is 12.2. The smallest absolute Gasteiger partial charge is 0.237 e. The van der Waals surface area contributed by atoms with Gasteiger partial charge >= 0.3 is 0 Å². The van der Waals surface area contributed by atoms with E-state index in [0.29, 0.717) is 19.8 Å². The number of methoxy groups -OCH3 is 1. The minimum absolute atomic E-state index is 0.00501. The van der Waals surface area contributed by atoms with Crippen molar-refractivity contribution in [3.63, 3.8) is 0 Å². The van der Waals surface area contributed by atoms with Crippen LogP contribution in [-0.2, 0) is 25.9 Å². The van der Waals surface area contributed by atoms with E-state index in [1.165, 1.54) is 4.31 Å². The lowest BCUT2D eigenvalue weighted by Crippen LogP contribution is -2.33. The summed E-state index contributed by atoms with van der Waals surface area (Å²) in [6.45, 7) is 1.62. The molecule has 1 aromatic rings. The van der Waals surface area contributed by atoms with Crippen LogP contribution >= 0.6 is 0 Å². The lowest BCUT2D eigenvalue weighted by molar-refractivity contribution is 0.0785.